The third-order valence-corrected chi connectivity index (χ3v) is 3.86. The Morgan fingerprint density at radius 2 is 2.16 bits per heavy atom. The van der Waals surface area contributed by atoms with Crippen molar-refractivity contribution in [1.82, 2.24) is 5.32 Å². The molecule has 1 heterocycles. The molecule has 0 aliphatic carbocycles. The Morgan fingerprint density at radius 3 is 2.79 bits per heavy atom. The first kappa shape index (κ1) is 13.8. The lowest BCUT2D eigenvalue weighted by atomic mass is 9.93. The van der Waals surface area contributed by atoms with Gasteiger partial charge in [0.15, 0.2) is 0 Å². The van der Waals surface area contributed by atoms with E-state index < -0.39 is 5.82 Å². The molecule has 102 valence electrons. The van der Waals surface area contributed by atoms with E-state index in [1.54, 1.807) is 6.07 Å². The highest BCUT2D eigenvalue weighted by atomic mass is 19.1. The van der Waals surface area contributed by atoms with Crippen molar-refractivity contribution in [3.8, 4) is 6.07 Å². The average molecular weight is 261 g/mol. The Kier molecular flexibility index (Phi) is 4.75. The van der Waals surface area contributed by atoms with Crippen LogP contribution in [0.2, 0.25) is 0 Å². The van der Waals surface area contributed by atoms with Gasteiger partial charge in [0, 0.05) is 13.1 Å². The van der Waals surface area contributed by atoms with Crippen LogP contribution in [-0.2, 0) is 0 Å². The maximum absolute atomic E-state index is 13.6. The third-order valence-electron chi connectivity index (χ3n) is 3.86. The summed E-state index contributed by atoms with van der Waals surface area (Å²) >= 11 is 0. The molecule has 3 nitrogen and oxygen atoms in total. The van der Waals surface area contributed by atoms with Crippen LogP contribution in [0.15, 0.2) is 18.2 Å². The predicted octanol–water partition coefficient (Wildman–Crippen LogP) is 2.52. The zero-order valence-electron chi connectivity index (χ0n) is 11.3. The van der Waals surface area contributed by atoms with E-state index in [4.69, 9.17) is 5.26 Å². The van der Waals surface area contributed by atoms with Gasteiger partial charge in [0.25, 0.3) is 0 Å². The Balaban J connectivity index is 2.02. The zero-order valence-corrected chi connectivity index (χ0v) is 11.3. The second kappa shape index (κ2) is 6.53. The lowest BCUT2D eigenvalue weighted by molar-refractivity contribution is 0.378. The molecule has 0 atom stereocenters. The number of piperidine rings is 1. The lowest BCUT2D eigenvalue weighted by Gasteiger charge is -2.34. The van der Waals surface area contributed by atoms with Gasteiger partial charge in [-0.05, 0) is 50.9 Å². The summed E-state index contributed by atoms with van der Waals surface area (Å²) in [6.07, 6.45) is 3.42. The van der Waals surface area contributed by atoms with Gasteiger partial charge in [0.1, 0.15) is 17.4 Å². The number of anilines is 1. The van der Waals surface area contributed by atoms with Gasteiger partial charge < -0.3 is 10.2 Å². The van der Waals surface area contributed by atoms with E-state index in [9.17, 15) is 4.39 Å². The summed E-state index contributed by atoms with van der Waals surface area (Å²) in [5.41, 5.74) is 0.922. The molecule has 1 aliphatic heterocycles. The fourth-order valence-corrected chi connectivity index (χ4v) is 2.70. The molecular formula is C15H20FN3. The van der Waals surface area contributed by atoms with Crippen molar-refractivity contribution in [2.45, 2.75) is 19.3 Å². The standard InChI is InChI=1S/C15H20FN3/c1-18-8-5-12-6-9-19(10-7-12)15-4-2-3-14(16)13(15)11-17/h2-4,12,18H,5-10H2,1H3. The largest absolute Gasteiger partial charge is 0.370 e. The van der Waals surface area contributed by atoms with Crippen LogP contribution < -0.4 is 10.2 Å². The molecule has 1 N–H and O–H groups in total. The molecule has 1 aromatic rings. The first-order valence-electron chi connectivity index (χ1n) is 6.84. The normalized spacial score (nSPS) is 16.4. The first-order valence-corrected chi connectivity index (χ1v) is 6.84. The molecule has 0 aromatic heterocycles. The van der Waals surface area contributed by atoms with E-state index in [2.05, 4.69) is 10.2 Å². The number of rotatable bonds is 4. The summed E-state index contributed by atoms with van der Waals surface area (Å²) in [6.45, 7) is 2.87. The molecule has 0 bridgehead atoms. The van der Waals surface area contributed by atoms with Crippen molar-refractivity contribution in [3.05, 3.63) is 29.6 Å². The molecule has 2 rings (SSSR count). The number of nitrogens with zero attached hydrogens (tertiary/aromatic N) is 2. The van der Waals surface area contributed by atoms with Crippen LogP contribution in [0.3, 0.4) is 0 Å². The van der Waals surface area contributed by atoms with Crippen LogP contribution in [-0.4, -0.2) is 26.7 Å². The minimum absolute atomic E-state index is 0.177. The van der Waals surface area contributed by atoms with Crippen LogP contribution >= 0.6 is 0 Å². The van der Waals surface area contributed by atoms with Crippen molar-refractivity contribution < 1.29 is 4.39 Å². The minimum atomic E-state index is -0.419. The Labute approximate surface area is 114 Å². The van der Waals surface area contributed by atoms with Crippen LogP contribution in [0.5, 0.6) is 0 Å². The average Bonchev–Trinajstić information content (AvgIpc) is 2.45. The number of nitrogens with one attached hydrogen (secondary N) is 1. The Morgan fingerprint density at radius 1 is 1.42 bits per heavy atom. The molecule has 1 aromatic carbocycles. The van der Waals surface area contributed by atoms with E-state index in [-0.39, 0.29) is 5.56 Å². The van der Waals surface area contributed by atoms with Gasteiger partial charge >= 0.3 is 0 Å². The summed E-state index contributed by atoms with van der Waals surface area (Å²) in [5.74, 6) is 0.320. The third kappa shape index (κ3) is 3.24. The van der Waals surface area contributed by atoms with Gasteiger partial charge in [-0.2, -0.15) is 5.26 Å². The van der Waals surface area contributed by atoms with Crippen molar-refractivity contribution in [1.29, 1.82) is 5.26 Å². The number of hydrogen-bond donors (Lipinski definition) is 1. The maximum atomic E-state index is 13.6. The molecule has 19 heavy (non-hydrogen) atoms. The highest BCUT2D eigenvalue weighted by molar-refractivity contribution is 5.60. The second-order valence-corrected chi connectivity index (χ2v) is 5.07. The molecule has 4 heteroatoms. The molecular weight excluding hydrogens is 241 g/mol. The smallest absolute Gasteiger partial charge is 0.143 e. The highest BCUT2D eigenvalue weighted by Crippen LogP contribution is 2.28. The molecule has 0 saturated carbocycles. The first-order chi connectivity index (χ1) is 9.26. The Hall–Kier alpha value is -1.60. The summed E-state index contributed by atoms with van der Waals surface area (Å²) in [7, 11) is 1.97. The quantitative estimate of drug-likeness (QED) is 0.905. The maximum Gasteiger partial charge on any atom is 0.143 e. The zero-order chi connectivity index (χ0) is 13.7. The molecule has 1 fully saturated rings. The van der Waals surface area contributed by atoms with Crippen LogP contribution in [0.25, 0.3) is 0 Å². The van der Waals surface area contributed by atoms with Gasteiger partial charge in [0.2, 0.25) is 0 Å². The van der Waals surface area contributed by atoms with E-state index in [0.717, 1.165) is 44.1 Å². The van der Waals surface area contributed by atoms with Crippen LogP contribution in [0.1, 0.15) is 24.8 Å². The van der Waals surface area contributed by atoms with E-state index >= 15 is 0 Å². The number of benzene rings is 1. The molecule has 1 aliphatic rings. The van der Waals surface area contributed by atoms with Crippen LogP contribution in [0.4, 0.5) is 10.1 Å². The molecule has 0 spiro atoms. The summed E-state index contributed by atoms with van der Waals surface area (Å²) in [5, 5.41) is 12.3. The van der Waals surface area contributed by atoms with Crippen molar-refractivity contribution in [2.24, 2.45) is 5.92 Å². The van der Waals surface area contributed by atoms with Gasteiger partial charge in [-0.15, -0.1) is 0 Å². The fourth-order valence-electron chi connectivity index (χ4n) is 2.70. The van der Waals surface area contributed by atoms with Gasteiger partial charge in [-0.3, -0.25) is 0 Å². The summed E-state index contributed by atoms with van der Waals surface area (Å²) in [6, 6.07) is 6.85. The van der Waals surface area contributed by atoms with Crippen molar-refractivity contribution >= 4 is 5.69 Å². The summed E-state index contributed by atoms with van der Waals surface area (Å²) in [4.78, 5) is 2.14. The van der Waals surface area contributed by atoms with E-state index in [1.165, 1.54) is 12.5 Å². The SMILES string of the molecule is CNCCC1CCN(c2cccc(F)c2C#N)CC1. The second-order valence-electron chi connectivity index (χ2n) is 5.07. The monoisotopic (exact) mass is 261 g/mol. The van der Waals surface area contributed by atoms with Gasteiger partial charge in [-0.1, -0.05) is 6.07 Å². The Bertz CT molecular complexity index is 459. The van der Waals surface area contributed by atoms with Gasteiger partial charge in [0.05, 0.1) is 5.69 Å². The number of halogens is 1. The van der Waals surface area contributed by atoms with Crippen molar-refractivity contribution in [2.75, 3.05) is 31.6 Å². The minimum Gasteiger partial charge on any atom is -0.370 e. The molecule has 0 radical (unpaired) electrons. The van der Waals surface area contributed by atoms with E-state index in [0.29, 0.717) is 0 Å². The number of hydrogen-bond acceptors (Lipinski definition) is 3. The number of nitriles is 1. The fraction of sp³-hybridized carbons (Fsp3) is 0.533. The topological polar surface area (TPSA) is 39.1 Å². The predicted molar refractivity (Wildman–Crippen MR) is 74.6 cm³/mol. The molecule has 0 amide bonds. The van der Waals surface area contributed by atoms with E-state index in [1.807, 2.05) is 19.2 Å². The summed E-state index contributed by atoms with van der Waals surface area (Å²) < 4.78 is 13.6. The highest BCUT2D eigenvalue weighted by Gasteiger charge is 2.21. The lowest BCUT2D eigenvalue weighted by Crippen LogP contribution is -2.35. The van der Waals surface area contributed by atoms with Gasteiger partial charge in [-0.25, -0.2) is 4.39 Å². The molecule has 1 saturated heterocycles. The van der Waals surface area contributed by atoms with Crippen LogP contribution in [0, 0.1) is 23.1 Å². The molecule has 0 unspecified atom stereocenters. The van der Waals surface area contributed by atoms with Crippen molar-refractivity contribution in [3.63, 3.8) is 0 Å².